The van der Waals surface area contributed by atoms with Crippen LogP contribution in [0.4, 0.5) is 9.59 Å². The van der Waals surface area contributed by atoms with Crippen molar-refractivity contribution in [3.05, 3.63) is 0 Å². The van der Waals surface area contributed by atoms with E-state index in [9.17, 15) is 14.4 Å². The van der Waals surface area contributed by atoms with Gasteiger partial charge in [0.15, 0.2) is 0 Å². The van der Waals surface area contributed by atoms with Crippen LogP contribution in [0, 0.1) is 0 Å². The molecule has 0 atom stereocenters. The quantitative estimate of drug-likeness (QED) is 0.500. The highest BCUT2D eigenvalue weighted by Gasteiger charge is 2.15. The minimum Gasteiger partial charge on any atom is -0.447 e. The first-order valence-electron chi connectivity index (χ1n) is 6.54. The Bertz CT molecular complexity index is 317. The third-order valence-corrected chi connectivity index (χ3v) is 2.39. The van der Waals surface area contributed by atoms with Crippen molar-refractivity contribution in [3.8, 4) is 0 Å². The summed E-state index contributed by atoms with van der Waals surface area (Å²) in [5.41, 5.74) is 0. The number of ether oxygens (including phenoxy) is 3. The largest absolute Gasteiger partial charge is 0.447 e. The van der Waals surface area contributed by atoms with Gasteiger partial charge in [0.1, 0.15) is 19.3 Å². The lowest BCUT2D eigenvalue weighted by Crippen LogP contribution is -2.33. The van der Waals surface area contributed by atoms with Crippen molar-refractivity contribution in [1.29, 1.82) is 0 Å². The summed E-state index contributed by atoms with van der Waals surface area (Å²) in [6, 6.07) is 0. The molecule has 0 fully saturated rings. The number of rotatable bonds is 9. The van der Waals surface area contributed by atoms with Crippen molar-refractivity contribution in [3.63, 3.8) is 0 Å². The van der Waals surface area contributed by atoms with Crippen LogP contribution in [0.2, 0.25) is 0 Å². The van der Waals surface area contributed by atoms with Crippen LogP contribution >= 0.6 is 0 Å². The minimum atomic E-state index is -0.603. The topological polar surface area (TPSA) is 115 Å². The van der Waals surface area contributed by atoms with Crippen molar-refractivity contribution < 1.29 is 28.6 Å². The molecule has 0 aliphatic heterocycles. The summed E-state index contributed by atoms with van der Waals surface area (Å²) in [5.74, 6) is -0.0848. The molecule has 9 heteroatoms. The Balaban J connectivity index is 4.07. The third kappa shape index (κ3) is 10.4. The normalized spacial score (nSPS) is 9.90. The Hall–Kier alpha value is -2.03. The van der Waals surface area contributed by atoms with Crippen molar-refractivity contribution in [2.75, 3.05) is 41.0 Å². The van der Waals surface area contributed by atoms with E-state index in [1.165, 1.54) is 14.1 Å². The predicted molar refractivity (Wildman–Crippen MR) is 73.9 cm³/mol. The molecular formula is C12H23N3O6. The Labute approximate surface area is 123 Å². The van der Waals surface area contributed by atoms with E-state index in [0.29, 0.717) is 12.8 Å². The second kappa shape index (κ2) is 11.8. The number of hydrogen-bond acceptors (Lipinski definition) is 6. The molecule has 0 aromatic rings. The summed E-state index contributed by atoms with van der Waals surface area (Å²) in [6.45, 7) is 0.166. The Morgan fingerprint density at radius 3 is 1.86 bits per heavy atom. The standard InChI is InChI=1S/C12H23N3O6/c1-13-10(16)5-4-6-19-9(7-20-11(17)14-2)8-21-12(18)15-3/h9H,4-8H2,1-3H3,(H,13,16)(H,14,17)(H,15,18). The summed E-state index contributed by atoms with van der Waals surface area (Å²) < 4.78 is 15.1. The summed E-state index contributed by atoms with van der Waals surface area (Å²) >= 11 is 0. The van der Waals surface area contributed by atoms with Gasteiger partial charge in [0.2, 0.25) is 5.91 Å². The van der Waals surface area contributed by atoms with Crippen LogP contribution in [0.1, 0.15) is 12.8 Å². The zero-order valence-corrected chi connectivity index (χ0v) is 12.6. The predicted octanol–water partition coefficient (Wildman–Crippen LogP) is -0.390. The van der Waals surface area contributed by atoms with Gasteiger partial charge >= 0.3 is 12.2 Å². The smallest absolute Gasteiger partial charge is 0.406 e. The molecule has 21 heavy (non-hydrogen) atoms. The molecule has 0 rings (SSSR count). The molecule has 0 spiro atoms. The van der Waals surface area contributed by atoms with Gasteiger partial charge < -0.3 is 30.2 Å². The summed E-state index contributed by atoms with van der Waals surface area (Å²) in [6.07, 6.45) is -0.960. The molecule has 0 saturated carbocycles. The number of nitrogens with one attached hydrogen (secondary N) is 3. The first-order chi connectivity index (χ1) is 10.0. The SMILES string of the molecule is CNC(=O)CCCOC(COC(=O)NC)COC(=O)NC. The molecule has 122 valence electrons. The van der Waals surface area contributed by atoms with E-state index in [4.69, 9.17) is 14.2 Å². The van der Waals surface area contributed by atoms with Crippen molar-refractivity contribution in [2.45, 2.75) is 18.9 Å². The van der Waals surface area contributed by atoms with Crippen LogP contribution in [-0.2, 0) is 19.0 Å². The van der Waals surface area contributed by atoms with Crippen LogP contribution in [-0.4, -0.2) is 65.2 Å². The Morgan fingerprint density at radius 1 is 0.905 bits per heavy atom. The Morgan fingerprint density at radius 2 is 1.43 bits per heavy atom. The molecule has 0 bridgehead atoms. The number of carbonyl (C=O) groups excluding carboxylic acids is 3. The third-order valence-electron chi connectivity index (χ3n) is 2.39. The number of carbonyl (C=O) groups is 3. The molecular weight excluding hydrogens is 282 g/mol. The molecule has 3 N–H and O–H groups in total. The van der Waals surface area contributed by atoms with Gasteiger partial charge in [-0.3, -0.25) is 4.79 Å². The van der Waals surface area contributed by atoms with E-state index < -0.39 is 18.3 Å². The van der Waals surface area contributed by atoms with Gasteiger partial charge in [0.05, 0.1) is 0 Å². The van der Waals surface area contributed by atoms with Crippen molar-refractivity contribution in [2.24, 2.45) is 0 Å². The second-order valence-corrected chi connectivity index (χ2v) is 3.97. The van der Waals surface area contributed by atoms with E-state index in [0.717, 1.165) is 0 Å². The van der Waals surface area contributed by atoms with E-state index in [-0.39, 0.29) is 25.7 Å². The highest BCUT2D eigenvalue weighted by atomic mass is 16.6. The molecule has 0 unspecified atom stereocenters. The van der Waals surface area contributed by atoms with E-state index in [1.54, 1.807) is 7.05 Å². The fraction of sp³-hybridized carbons (Fsp3) is 0.750. The number of amides is 3. The maximum atomic E-state index is 11.0. The lowest BCUT2D eigenvalue weighted by molar-refractivity contribution is -0.121. The van der Waals surface area contributed by atoms with Crippen LogP contribution in [0.5, 0.6) is 0 Å². The molecule has 0 aromatic carbocycles. The molecule has 9 nitrogen and oxygen atoms in total. The highest BCUT2D eigenvalue weighted by molar-refractivity contribution is 5.75. The second-order valence-electron chi connectivity index (χ2n) is 3.97. The van der Waals surface area contributed by atoms with E-state index in [1.807, 2.05) is 0 Å². The average molecular weight is 305 g/mol. The van der Waals surface area contributed by atoms with Gasteiger partial charge in [-0.2, -0.15) is 0 Å². The highest BCUT2D eigenvalue weighted by Crippen LogP contribution is 1.99. The van der Waals surface area contributed by atoms with Gasteiger partial charge in [-0.05, 0) is 6.42 Å². The molecule has 3 amide bonds. The van der Waals surface area contributed by atoms with E-state index >= 15 is 0 Å². The lowest BCUT2D eigenvalue weighted by Gasteiger charge is -2.17. The molecule has 0 heterocycles. The summed E-state index contributed by atoms with van der Waals surface area (Å²) in [5, 5.41) is 7.09. The minimum absolute atomic E-state index is 0.0589. The summed E-state index contributed by atoms with van der Waals surface area (Å²) in [4.78, 5) is 33.1. The zero-order chi connectivity index (χ0) is 16.1. The van der Waals surface area contributed by atoms with Crippen LogP contribution in [0.3, 0.4) is 0 Å². The molecule has 0 aliphatic rings. The summed E-state index contributed by atoms with van der Waals surface area (Å²) in [7, 11) is 4.42. The van der Waals surface area contributed by atoms with Crippen molar-refractivity contribution in [1.82, 2.24) is 16.0 Å². The van der Waals surface area contributed by atoms with Gasteiger partial charge in [-0.25, -0.2) is 9.59 Å². The first-order valence-corrected chi connectivity index (χ1v) is 6.54. The average Bonchev–Trinajstić information content (AvgIpc) is 2.51. The maximum absolute atomic E-state index is 11.0. The fourth-order valence-electron chi connectivity index (χ4n) is 1.23. The molecule has 0 aromatic heterocycles. The van der Waals surface area contributed by atoms with Crippen molar-refractivity contribution >= 4 is 18.1 Å². The van der Waals surface area contributed by atoms with Gasteiger partial charge in [0.25, 0.3) is 0 Å². The monoisotopic (exact) mass is 305 g/mol. The zero-order valence-electron chi connectivity index (χ0n) is 12.6. The molecule has 0 saturated heterocycles. The van der Waals surface area contributed by atoms with Gasteiger partial charge in [0, 0.05) is 34.2 Å². The van der Waals surface area contributed by atoms with E-state index in [2.05, 4.69) is 16.0 Å². The number of alkyl carbamates (subject to hydrolysis) is 2. The maximum Gasteiger partial charge on any atom is 0.406 e. The van der Waals surface area contributed by atoms with Crippen LogP contribution in [0.25, 0.3) is 0 Å². The molecule has 0 aliphatic carbocycles. The fourth-order valence-corrected chi connectivity index (χ4v) is 1.23. The van der Waals surface area contributed by atoms with Gasteiger partial charge in [-0.1, -0.05) is 0 Å². The number of hydrogen-bond donors (Lipinski definition) is 3. The Kier molecular flexibility index (Phi) is 10.6. The molecule has 0 radical (unpaired) electrons. The van der Waals surface area contributed by atoms with Crippen LogP contribution < -0.4 is 16.0 Å². The lowest BCUT2D eigenvalue weighted by atomic mass is 10.3. The van der Waals surface area contributed by atoms with Gasteiger partial charge in [-0.15, -0.1) is 0 Å². The van der Waals surface area contributed by atoms with Crippen LogP contribution in [0.15, 0.2) is 0 Å². The first kappa shape index (κ1) is 19.0.